The second-order valence-corrected chi connectivity index (χ2v) is 5.71. The third-order valence-electron chi connectivity index (χ3n) is 3.88. The molecule has 19 heavy (non-hydrogen) atoms. The van der Waals surface area contributed by atoms with Crippen LogP contribution < -0.4 is 10.2 Å². The molecule has 0 aromatic heterocycles. The summed E-state index contributed by atoms with van der Waals surface area (Å²) in [5.41, 5.74) is 2.69. The van der Waals surface area contributed by atoms with E-state index in [1.165, 1.54) is 11.3 Å². The van der Waals surface area contributed by atoms with Gasteiger partial charge < -0.3 is 15.3 Å². The van der Waals surface area contributed by atoms with Crippen LogP contribution in [0.4, 0.5) is 5.69 Å². The van der Waals surface area contributed by atoms with Gasteiger partial charge in [-0.05, 0) is 43.0 Å². The minimum atomic E-state index is 0.262. The monoisotopic (exact) mass is 262 g/mol. The summed E-state index contributed by atoms with van der Waals surface area (Å²) in [4.78, 5) is 2.43. The zero-order valence-corrected chi connectivity index (χ0v) is 12.1. The van der Waals surface area contributed by atoms with Crippen molar-refractivity contribution in [3.63, 3.8) is 0 Å². The van der Waals surface area contributed by atoms with Gasteiger partial charge in [0.1, 0.15) is 0 Å². The van der Waals surface area contributed by atoms with Crippen molar-refractivity contribution in [1.82, 2.24) is 5.32 Å². The van der Waals surface area contributed by atoms with E-state index in [2.05, 4.69) is 48.3 Å². The number of rotatable bonds is 4. The zero-order valence-electron chi connectivity index (χ0n) is 12.1. The molecule has 2 N–H and O–H groups in total. The van der Waals surface area contributed by atoms with Crippen LogP contribution in [0.25, 0.3) is 0 Å². The molecule has 1 aromatic carbocycles. The summed E-state index contributed by atoms with van der Waals surface area (Å²) >= 11 is 0. The molecule has 1 aliphatic heterocycles. The Morgan fingerprint density at radius 2 is 2.05 bits per heavy atom. The molecule has 3 nitrogen and oxygen atoms in total. The van der Waals surface area contributed by atoms with Crippen molar-refractivity contribution >= 4 is 5.69 Å². The first-order valence-corrected chi connectivity index (χ1v) is 7.40. The highest BCUT2D eigenvalue weighted by Crippen LogP contribution is 2.21. The minimum Gasteiger partial charge on any atom is -0.396 e. The summed E-state index contributed by atoms with van der Waals surface area (Å²) in [5, 5.41) is 12.6. The quantitative estimate of drug-likeness (QED) is 0.874. The fourth-order valence-corrected chi connectivity index (χ4v) is 2.65. The smallest absolute Gasteiger partial charge is 0.0446 e. The molecule has 1 unspecified atom stereocenters. The van der Waals surface area contributed by atoms with E-state index in [0.717, 1.165) is 32.5 Å². The lowest BCUT2D eigenvalue weighted by atomic mass is 10.0. The number of aliphatic hydroxyl groups is 1. The van der Waals surface area contributed by atoms with Crippen molar-refractivity contribution in [2.45, 2.75) is 38.6 Å². The third kappa shape index (κ3) is 3.95. The molecule has 1 aromatic rings. The minimum absolute atomic E-state index is 0.262. The first kappa shape index (κ1) is 14.4. The molecule has 0 amide bonds. The molecule has 1 aliphatic rings. The largest absolute Gasteiger partial charge is 0.396 e. The highest BCUT2D eigenvalue weighted by molar-refractivity contribution is 5.48. The second-order valence-electron chi connectivity index (χ2n) is 5.71. The predicted octanol–water partition coefficient (Wildman–Crippen LogP) is 2.36. The highest BCUT2D eigenvalue weighted by Gasteiger charge is 2.17. The van der Waals surface area contributed by atoms with Crippen LogP contribution in [0.2, 0.25) is 0 Å². The summed E-state index contributed by atoms with van der Waals surface area (Å²) < 4.78 is 0. The van der Waals surface area contributed by atoms with Gasteiger partial charge in [0.15, 0.2) is 0 Å². The van der Waals surface area contributed by atoms with Gasteiger partial charge in [0.05, 0.1) is 0 Å². The van der Waals surface area contributed by atoms with Gasteiger partial charge in [-0.3, -0.25) is 0 Å². The summed E-state index contributed by atoms with van der Waals surface area (Å²) in [6.07, 6.45) is 1.99. The number of hydrogen-bond donors (Lipinski definition) is 2. The fourth-order valence-electron chi connectivity index (χ4n) is 2.65. The molecule has 1 atom stereocenters. The predicted molar refractivity (Wildman–Crippen MR) is 80.9 cm³/mol. The zero-order chi connectivity index (χ0) is 13.7. The third-order valence-corrected chi connectivity index (χ3v) is 3.88. The van der Waals surface area contributed by atoms with Crippen LogP contribution in [-0.4, -0.2) is 37.4 Å². The van der Waals surface area contributed by atoms with Gasteiger partial charge in [0, 0.05) is 31.4 Å². The molecule has 1 saturated heterocycles. The maximum absolute atomic E-state index is 9.11. The Labute approximate surface area is 116 Å². The Hall–Kier alpha value is -1.06. The van der Waals surface area contributed by atoms with Crippen LogP contribution in [0.3, 0.4) is 0 Å². The van der Waals surface area contributed by atoms with E-state index in [1.54, 1.807) is 0 Å². The van der Waals surface area contributed by atoms with Crippen molar-refractivity contribution in [3.8, 4) is 0 Å². The van der Waals surface area contributed by atoms with Crippen LogP contribution in [0, 0.1) is 0 Å². The molecule has 3 heteroatoms. The Balaban J connectivity index is 2.06. The highest BCUT2D eigenvalue weighted by atomic mass is 16.3. The average molecular weight is 262 g/mol. The lowest BCUT2D eigenvalue weighted by Crippen LogP contribution is -2.38. The molecule has 0 bridgehead atoms. The van der Waals surface area contributed by atoms with E-state index in [-0.39, 0.29) is 6.61 Å². The lowest BCUT2D eigenvalue weighted by Gasteiger charge is -2.26. The molecule has 106 valence electrons. The van der Waals surface area contributed by atoms with Gasteiger partial charge >= 0.3 is 0 Å². The molecule has 1 heterocycles. The number of nitrogens with one attached hydrogen (secondary N) is 1. The van der Waals surface area contributed by atoms with Gasteiger partial charge in [-0.25, -0.2) is 0 Å². The van der Waals surface area contributed by atoms with Crippen LogP contribution in [-0.2, 0) is 0 Å². The van der Waals surface area contributed by atoms with Crippen molar-refractivity contribution in [3.05, 3.63) is 29.8 Å². The lowest BCUT2D eigenvalue weighted by molar-refractivity contribution is 0.267. The topological polar surface area (TPSA) is 35.5 Å². The second kappa shape index (κ2) is 6.92. The standard InChI is InChI=1S/C16H26N2O/c1-13(2)14-4-6-16(7-5-14)18-10-3-9-17-15(12-18)8-11-19/h4-7,13,15,17,19H,3,8-12H2,1-2H3. The van der Waals surface area contributed by atoms with Gasteiger partial charge in [-0.1, -0.05) is 26.0 Å². The average Bonchev–Trinajstić information content (AvgIpc) is 2.65. The van der Waals surface area contributed by atoms with Crippen LogP contribution in [0.15, 0.2) is 24.3 Å². The molecule has 1 fully saturated rings. The van der Waals surface area contributed by atoms with Crippen molar-refractivity contribution in [2.24, 2.45) is 0 Å². The number of aliphatic hydroxyl groups excluding tert-OH is 1. The first-order chi connectivity index (χ1) is 9.20. The maximum atomic E-state index is 9.11. The summed E-state index contributed by atoms with van der Waals surface area (Å²) in [6.45, 7) is 7.84. The SMILES string of the molecule is CC(C)c1ccc(N2CCCNC(CCO)C2)cc1. The molecule has 0 saturated carbocycles. The summed E-state index contributed by atoms with van der Waals surface area (Å²) in [7, 11) is 0. The van der Waals surface area contributed by atoms with Gasteiger partial charge in [-0.2, -0.15) is 0 Å². The first-order valence-electron chi connectivity index (χ1n) is 7.40. The van der Waals surface area contributed by atoms with E-state index in [1.807, 2.05) is 0 Å². The number of hydrogen-bond acceptors (Lipinski definition) is 3. The molecule has 0 aliphatic carbocycles. The summed E-state index contributed by atoms with van der Waals surface area (Å²) in [5.74, 6) is 0.585. The van der Waals surface area contributed by atoms with E-state index in [0.29, 0.717) is 12.0 Å². The Bertz CT molecular complexity index is 375. The van der Waals surface area contributed by atoms with Gasteiger partial charge in [0.2, 0.25) is 0 Å². The Kier molecular flexibility index (Phi) is 5.23. The van der Waals surface area contributed by atoms with Gasteiger partial charge in [-0.15, -0.1) is 0 Å². The van der Waals surface area contributed by atoms with Crippen LogP contribution in [0.1, 0.15) is 38.2 Å². The van der Waals surface area contributed by atoms with Crippen molar-refractivity contribution in [1.29, 1.82) is 0 Å². The molecule has 2 rings (SSSR count). The van der Waals surface area contributed by atoms with Crippen molar-refractivity contribution < 1.29 is 5.11 Å². The molecule has 0 radical (unpaired) electrons. The normalized spacial score (nSPS) is 20.6. The van der Waals surface area contributed by atoms with E-state index in [9.17, 15) is 0 Å². The molecular weight excluding hydrogens is 236 g/mol. The van der Waals surface area contributed by atoms with Crippen molar-refractivity contribution in [2.75, 3.05) is 31.1 Å². The number of nitrogens with zero attached hydrogens (tertiary/aromatic N) is 1. The molecule has 0 spiro atoms. The fraction of sp³-hybridized carbons (Fsp3) is 0.625. The van der Waals surface area contributed by atoms with E-state index < -0.39 is 0 Å². The maximum Gasteiger partial charge on any atom is 0.0446 e. The van der Waals surface area contributed by atoms with E-state index >= 15 is 0 Å². The Morgan fingerprint density at radius 3 is 2.68 bits per heavy atom. The van der Waals surface area contributed by atoms with E-state index in [4.69, 9.17) is 5.11 Å². The van der Waals surface area contributed by atoms with Gasteiger partial charge in [0.25, 0.3) is 0 Å². The summed E-state index contributed by atoms with van der Waals surface area (Å²) in [6, 6.07) is 9.34. The molecular formula is C16H26N2O. The van der Waals surface area contributed by atoms with Crippen LogP contribution in [0.5, 0.6) is 0 Å². The number of anilines is 1. The Morgan fingerprint density at radius 1 is 1.32 bits per heavy atom. The van der Waals surface area contributed by atoms with Crippen LogP contribution >= 0.6 is 0 Å². The number of benzene rings is 1.